The third kappa shape index (κ3) is 2.17. The minimum atomic E-state index is 0.128. The summed E-state index contributed by atoms with van der Waals surface area (Å²) in [6.45, 7) is 0.297. The lowest BCUT2D eigenvalue weighted by atomic mass is 9.96. The number of methoxy groups -OCH3 is 1. The fraction of sp³-hybridized carbons (Fsp3) is 1.00. The van der Waals surface area contributed by atoms with Crippen LogP contribution in [0.1, 0.15) is 38.5 Å². The van der Waals surface area contributed by atoms with Crippen LogP contribution in [0.15, 0.2) is 0 Å². The molecule has 11 heavy (non-hydrogen) atoms. The summed E-state index contributed by atoms with van der Waals surface area (Å²) in [5.74, 6) is 0. The molecule has 0 spiro atoms. The van der Waals surface area contributed by atoms with E-state index < -0.39 is 0 Å². The quantitative estimate of drug-likeness (QED) is 0.675. The topological polar surface area (TPSA) is 29.5 Å². The van der Waals surface area contributed by atoms with Gasteiger partial charge in [0, 0.05) is 13.7 Å². The molecule has 0 saturated heterocycles. The first-order chi connectivity index (χ1) is 5.33. The summed E-state index contributed by atoms with van der Waals surface area (Å²) in [6.07, 6.45) is 6.86. The Kier molecular flexibility index (Phi) is 3.34. The highest BCUT2D eigenvalue weighted by molar-refractivity contribution is 4.85. The Labute approximate surface area is 68.6 Å². The second-order valence-corrected chi connectivity index (χ2v) is 3.42. The summed E-state index contributed by atoms with van der Waals surface area (Å²) >= 11 is 0. The molecule has 0 atom stereocenters. The SMILES string of the molecule is COC1(CCCO)CCCC1. The molecule has 1 saturated carbocycles. The molecular weight excluding hydrogens is 140 g/mol. The average Bonchev–Trinajstić information content (AvgIpc) is 2.50. The van der Waals surface area contributed by atoms with Crippen molar-refractivity contribution in [2.24, 2.45) is 0 Å². The largest absolute Gasteiger partial charge is 0.396 e. The molecule has 66 valence electrons. The van der Waals surface area contributed by atoms with Crippen LogP contribution in [-0.2, 0) is 4.74 Å². The number of hydrogen-bond acceptors (Lipinski definition) is 2. The van der Waals surface area contributed by atoms with E-state index in [2.05, 4.69) is 0 Å². The van der Waals surface area contributed by atoms with Crippen LogP contribution in [0.4, 0.5) is 0 Å². The van der Waals surface area contributed by atoms with Crippen LogP contribution in [-0.4, -0.2) is 24.4 Å². The molecule has 1 rings (SSSR count). The maximum absolute atomic E-state index is 8.68. The van der Waals surface area contributed by atoms with Gasteiger partial charge in [-0.25, -0.2) is 0 Å². The van der Waals surface area contributed by atoms with Crippen LogP contribution >= 0.6 is 0 Å². The van der Waals surface area contributed by atoms with Crippen molar-refractivity contribution in [1.29, 1.82) is 0 Å². The fourth-order valence-electron chi connectivity index (χ4n) is 1.98. The molecule has 0 aromatic carbocycles. The van der Waals surface area contributed by atoms with E-state index in [1.165, 1.54) is 25.7 Å². The third-order valence-electron chi connectivity index (χ3n) is 2.74. The van der Waals surface area contributed by atoms with Crippen molar-refractivity contribution >= 4 is 0 Å². The van der Waals surface area contributed by atoms with Crippen molar-refractivity contribution in [1.82, 2.24) is 0 Å². The van der Waals surface area contributed by atoms with Gasteiger partial charge in [-0.1, -0.05) is 12.8 Å². The van der Waals surface area contributed by atoms with E-state index in [9.17, 15) is 0 Å². The Bertz CT molecular complexity index is 106. The van der Waals surface area contributed by atoms with Crippen LogP contribution in [0.5, 0.6) is 0 Å². The van der Waals surface area contributed by atoms with Crippen molar-refractivity contribution in [3.05, 3.63) is 0 Å². The number of aliphatic hydroxyl groups is 1. The molecule has 0 radical (unpaired) electrons. The molecule has 0 aliphatic heterocycles. The minimum Gasteiger partial charge on any atom is -0.396 e. The first-order valence-electron chi connectivity index (χ1n) is 4.49. The second-order valence-electron chi connectivity index (χ2n) is 3.42. The summed E-state index contributed by atoms with van der Waals surface area (Å²) in [6, 6.07) is 0. The van der Waals surface area contributed by atoms with E-state index in [1.54, 1.807) is 7.11 Å². The maximum Gasteiger partial charge on any atom is 0.0679 e. The number of rotatable bonds is 4. The molecule has 1 aliphatic rings. The molecular formula is C9H18O2. The molecule has 2 nitrogen and oxygen atoms in total. The Balaban J connectivity index is 2.33. The van der Waals surface area contributed by atoms with E-state index in [1.807, 2.05) is 0 Å². The number of hydrogen-bond donors (Lipinski definition) is 1. The Morgan fingerprint density at radius 3 is 2.45 bits per heavy atom. The van der Waals surface area contributed by atoms with Crippen LogP contribution < -0.4 is 0 Å². The Morgan fingerprint density at radius 2 is 2.00 bits per heavy atom. The van der Waals surface area contributed by atoms with Gasteiger partial charge in [0.1, 0.15) is 0 Å². The van der Waals surface area contributed by atoms with E-state index in [0.717, 1.165) is 12.8 Å². The summed E-state index contributed by atoms with van der Waals surface area (Å²) in [5, 5.41) is 8.68. The highest BCUT2D eigenvalue weighted by atomic mass is 16.5. The van der Waals surface area contributed by atoms with Crippen LogP contribution in [0.25, 0.3) is 0 Å². The van der Waals surface area contributed by atoms with Crippen molar-refractivity contribution in [3.8, 4) is 0 Å². The molecule has 1 fully saturated rings. The third-order valence-corrected chi connectivity index (χ3v) is 2.74. The smallest absolute Gasteiger partial charge is 0.0679 e. The Hall–Kier alpha value is -0.0800. The molecule has 0 heterocycles. The molecule has 0 amide bonds. The average molecular weight is 158 g/mol. The minimum absolute atomic E-state index is 0.128. The number of ether oxygens (including phenoxy) is 1. The van der Waals surface area contributed by atoms with Crippen molar-refractivity contribution in [2.75, 3.05) is 13.7 Å². The Morgan fingerprint density at radius 1 is 1.36 bits per heavy atom. The van der Waals surface area contributed by atoms with E-state index in [-0.39, 0.29) is 5.60 Å². The molecule has 1 aliphatic carbocycles. The summed E-state index contributed by atoms with van der Waals surface area (Å²) in [5.41, 5.74) is 0.128. The van der Waals surface area contributed by atoms with Gasteiger partial charge in [0.2, 0.25) is 0 Å². The molecule has 1 N–H and O–H groups in total. The standard InChI is InChI=1S/C9H18O2/c1-11-9(7-4-8-10)5-2-3-6-9/h10H,2-8H2,1H3. The summed E-state index contributed by atoms with van der Waals surface area (Å²) in [7, 11) is 1.79. The van der Waals surface area contributed by atoms with Crippen molar-refractivity contribution < 1.29 is 9.84 Å². The van der Waals surface area contributed by atoms with Gasteiger partial charge >= 0.3 is 0 Å². The highest BCUT2D eigenvalue weighted by Crippen LogP contribution is 2.36. The van der Waals surface area contributed by atoms with Gasteiger partial charge in [0.05, 0.1) is 5.60 Å². The predicted octanol–water partition coefficient (Wildman–Crippen LogP) is 1.72. The van der Waals surface area contributed by atoms with Gasteiger partial charge < -0.3 is 9.84 Å². The second kappa shape index (κ2) is 4.07. The zero-order valence-corrected chi connectivity index (χ0v) is 7.31. The normalized spacial score (nSPS) is 22.4. The molecule has 0 aromatic heterocycles. The molecule has 2 heteroatoms. The van der Waals surface area contributed by atoms with E-state index in [4.69, 9.17) is 9.84 Å². The van der Waals surface area contributed by atoms with Gasteiger partial charge in [0.25, 0.3) is 0 Å². The first-order valence-corrected chi connectivity index (χ1v) is 4.49. The zero-order chi connectivity index (χ0) is 8.16. The zero-order valence-electron chi connectivity index (χ0n) is 7.31. The highest BCUT2D eigenvalue weighted by Gasteiger charge is 2.32. The van der Waals surface area contributed by atoms with Gasteiger partial charge in [-0.3, -0.25) is 0 Å². The first kappa shape index (κ1) is 9.01. The van der Waals surface area contributed by atoms with Gasteiger partial charge in [-0.05, 0) is 25.7 Å². The lowest BCUT2D eigenvalue weighted by Crippen LogP contribution is -2.27. The van der Waals surface area contributed by atoms with Crippen LogP contribution in [0.3, 0.4) is 0 Å². The molecule has 0 unspecified atom stereocenters. The van der Waals surface area contributed by atoms with E-state index in [0.29, 0.717) is 6.61 Å². The fourth-order valence-corrected chi connectivity index (χ4v) is 1.98. The summed E-state index contributed by atoms with van der Waals surface area (Å²) < 4.78 is 5.49. The summed E-state index contributed by atoms with van der Waals surface area (Å²) in [4.78, 5) is 0. The lowest BCUT2D eigenvalue weighted by Gasteiger charge is -2.26. The van der Waals surface area contributed by atoms with Gasteiger partial charge in [0.15, 0.2) is 0 Å². The maximum atomic E-state index is 8.68. The van der Waals surface area contributed by atoms with Crippen LogP contribution in [0, 0.1) is 0 Å². The predicted molar refractivity (Wildman–Crippen MR) is 44.5 cm³/mol. The van der Waals surface area contributed by atoms with Gasteiger partial charge in [-0.2, -0.15) is 0 Å². The van der Waals surface area contributed by atoms with Crippen LogP contribution in [0.2, 0.25) is 0 Å². The monoisotopic (exact) mass is 158 g/mol. The molecule has 0 bridgehead atoms. The van der Waals surface area contributed by atoms with Gasteiger partial charge in [-0.15, -0.1) is 0 Å². The molecule has 0 aromatic rings. The van der Waals surface area contributed by atoms with Crippen molar-refractivity contribution in [3.63, 3.8) is 0 Å². The van der Waals surface area contributed by atoms with E-state index >= 15 is 0 Å². The lowest BCUT2D eigenvalue weighted by molar-refractivity contribution is -0.0156. The van der Waals surface area contributed by atoms with Crippen molar-refractivity contribution in [2.45, 2.75) is 44.1 Å². The number of aliphatic hydroxyl groups excluding tert-OH is 1.